The fraction of sp³-hybridized carbons (Fsp3) is 0.875. The summed E-state index contributed by atoms with van der Waals surface area (Å²) in [4.78, 5) is 11.6. The second-order valence-corrected chi connectivity index (χ2v) is 6.00. The monoisotopic (exact) mass is 237 g/mol. The van der Waals surface area contributed by atoms with Crippen LogP contribution in [0.2, 0.25) is 0 Å². The molecule has 1 N–H and O–H groups in total. The maximum absolute atomic E-state index is 11.6. The molecule has 88 valence electrons. The lowest BCUT2D eigenvalue weighted by molar-refractivity contribution is -0.161. The molecule has 0 aromatic rings. The van der Waals surface area contributed by atoms with E-state index in [1.807, 2.05) is 0 Å². The topological polar surface area (TPSA) is 81.7 Å². The van der Waals surface area contributed by atoms with Crippen molar-refractivity contribution in [3.05, 3.63) is 0 Å². The molecular formula is C8H15NO5S. The van der Waals surface area contributed by atoms with Gasteiger partial charge in [-0.15, -0.1) is 0 Å². The van der Waals surface area contributed by atoms with Crippen LogP contribution in [0.5, 0.6) is 0 Å². The van der Waals surface area contributed by atoms with E-state index in [-0.39, 0.29) is 6.61 Å². The highest BCUT2D eigenvalue weighted by molar-refractivity contribution is 7.85. The number of nitrogens with one attached hydrogen (secondary N) is 1. The average Bonchev–Trinajstić information content (AvgIpc) is 2.23. The summed E-state index contributed by atoms with van der Waals surface area (Å²) < 4.78 is 33.6. The van der Waals surface area contributed by atoms with Gasteiger partial charge in [0.25, 0.3) is 0 Å². The Bertz CT molecular complexity index is 369. The van der Waals surface area contributed by atoms with E-state index >= 15 is 0 Å². The Morgan fingerprint density at radius 3 is 2.33 bits per heavy atom. The predicted molar refractivity (Wildman–Crippen MR) is 52.3 cm³/mol. The van der Waals surface area contributed by atoms with Crippen LogP contribution in [0.25, 0.3) is 0 Å². The van der Waals surface area contributed by atoms with Crippen molar-refractivity contribution >= 4 is 16.3 Å². The van der Waals surface area contributed by atoms with Crippen LogP contribution >= 0.6 is 0 Å². The van der Waals surface area contributed by atoms with Gasteiger partial charge in [-0.3, -0.25) is 4.18 Å². The highest BCUT2D eigenvalue weighted by Gasteiger charge is 2.47. The lowest BCUT2D eigenvalue weighted by Crippen LogP contribution is -2.51. The molecule has 0 aliphatic carbocycles. The van der Waals surface area contributed by atoms with Crippen molar-refractivity contribution in [2.75, 3.05) is 6.61 Å². The Hall–Kier alpha value is -0.660. The Morgan fingerprint density at radius 2 is 2.00 bits per heavy atom. The Balaban J connectivity index is 2.77. The zero-order valence-corrected chi connectivity index (χ0v) is 9.97. The third-order valence-electron chi connectivity index (χ3n) is 1.70. The number of hydrogen-bond acceptors (Lipinski definition) is 5. The molecule has 0 saturated carbocycles. The minimum absolute atomic E-state index is 0.246. The zero-order chi connectivity index (χ0) is 11.9. The van der Waals surface area contributed by atoms with Crippen LogP contribution in [0.3, 0.4) is 0 Å². The first-order chi connectivity index (χ1) is 6.54. The number of carbonyl (C=O) groups excluding carboxylic acids is 1. The number of carbonyl (C=O) groups is 1. The maximum atomic E-state index is 11.6. The van der Waals surface area contributed by atoms with E-state index in [4.69, 9.17) is 4.74 Å². The number of rotatable bonds is 1. The van der Waals surface area contributed by atoms with Crippen molar-refractivity contribution in [3.8, 4) is 0 Å². The van der Waals surface area contributed by atoms with Gasteiger partial charge in [-0.25, -0.2) is 4.79 Å². The van der Waals surface area contributed by atoms with Crippen LogP contribution in [-0.4, -0.2) is 32.1 Å². The van der Waals surface area contributed by atoms with Gasteiger partial charge in [-0.05, 0) is 27.7 Å². The maximum Gasteiger partial charge on any atom is 0.337 e. The summed E-state index contributed by atoms with van der Waals surface area (Å²) in [6.07, 6.45) is 0. The predicted octanol–water partition coefficient (Wildman–Crippen LogP) is -0.0486. The minimum Gasteiger partial charge on any atom is -0.459 e. The van der Waals surface area contributed by atoms with Gasteiger partial charge in [-0.1, -0.05) is 0 Å². The molecule has 0 unspecified atom stereocenters. The standard InChI is InChI=1S/C8H15NO5S/c1-7(2,3)14-6(10)8(4)5-13-15(11,12)9-8/h9H,5H2,1-4H3/t8-/m1/s1. The molecule has 0 amide bonds. The van der Waals surface area contributed by atoms with Gasteiger partial charge in [-0.2, -0.15) is 13.1 Å². The van der Waals surface area contributed by atoms with Crippen molar-refractivity contribution in [2.45, 2.75) is 38.8 Å². The molecule has 1 fully saturated rings. The van der Waals surface area contributed by atoms with Crippen molar-refractivity contribution in [1.29, 1.82) is 0 Å². The lowest BCUT2D eigenvalue weighted by Gasteiger charge is -2.26. The van der Waals surface area contributed by atoms with Gasteiger partial charge in [0.1, 0.15) is 5.60 Å². The quantitative estimate of drug-likeness (QED) is 0.647. The van der Waals surface area contributed by atoms with Gasteiger partial charge in [0.2, 0.25) is 0 Å². The molecule has 0 spiro atoms. The molecule has 1 aliphatic heterocycles. The molecular weight excluding hydrogens is 222 g/mol. The SMILES string of the molecule is CC(C)(C)OC(=O)[C@@]1(C)COS(=O)(=O)N1. The first-order valence-corrected chi connectivity index (χ1v) is 5.87. The van der Waals surface area contributed by atoms with Crippen LogP contribution in [0.1, 0.15) is 27.7 Å². The molecule has 0 aromatic carbocycles. The minimum atomic E-state index is -3.81. The first-order valence-electron chi connectivity index (χ1n) is 4.46. The molecule has 1 heterocycles. The second kappa shape index (κ2) is 3.43. The third-order valence-corrected chi connectivity index (χ3v) is 2.83. The van der Waals surface area contributed by atoms with Gasteiger partial charge >= 0.3 is 16.3 Å². The van der Waals surface area contributed by atoms with Crippen LogP contribution in [0.4, 0.5) is 0 Å². The summed E-state index contributed by atoms with van der Waals surface area (Å²) in [7, 11) is -3.81. The highest BCUT2D eigenvalue weighted by atomic mass is 32.2. The van der Waals surface area contributed by atoms with Crippen molar-refractivity contribution in [3.63, 3.8) is 0 Å². The van der Waals surface area contributed by atoms with E-state index in [1.54, 1.807) is 20.8 Å². The molecule has 1 saturated heterocycles. The summed E-state index contributed by atoms with van der Waals surface area (Å²) in [5, 5.41) is 0. The zero-order valence-electron chi connectivity index (χ0n) is 9.16. The molecule has 1 atom stereocenters. The van der Waals surface area contributed by atoms with Crippen LogP contribution in [0, 0.1) is 0 Å². The van der Waals surface area contributed by atoms with Gasteiger partial charge in [0.15, 0.2) is 5.54 Å². The normalized spacial score (nSPS) is 30.1. The molecule has 0 aromatic heterocycles. The summed E-state index contributed by atoms with van der Waals surface area (Å²) >= 11 is 0. The smallest absolute Gasteiger partial charge is 0.337 e. The van der Waals surface area contributed by atoms with Crippen LogP contribution in [-0.2, 0) is 24.0 Å². The van der Waals surface area contributed by atoms with E-state index in [0.29, 0.717) is 0 Å². The van der Waals surface area contributed by atoms with E-state index in [0.717, 1.165) is 0 Å². The number of hydrogen-bond donors (Lipinski definition) is 1. The van der Waals surface area contributed by atoms with Gasteiger partial charge in [0, 0.05) is 0 Å². The Morgan fingerprint density at radius 1 is 1.47 bits per heavy atom. The first kappa shape index (κ1) is 12.4. The highest BCUT2D eigenvalue weighted by Crippen LogP contribution is 2.20. The van der Waals surface area contributed by atoms with Crippen molar-refractivity contribution in [2.24, 2.45) is 0 Å². The fourth-order valence-electron chi connectivity index (χ4n) is 1.02. The van der Waals surface area contributed by atoms with Crippen LogP contribution < -0.4 is 4.72 Å². The average molecular weight is 237 g/mol. The Labute approximate surface area is 89.2 Å². The Kier molecular flexibility index (Phi) is 2.84. The molecule has 1 aliphatic rings. The fourth-order valence-corrected chi connectivity index (χ4v) is 2.17. The molecule has 7 heteroatoms. The van der Waals surface area contributed by atoms with E-state index in [1.165, 1.54) is 6.92 Å². The third kappa shape index (κ3) is 3.15. The number of esters is 1. The van der Waals surface area contributed by atoms with Gasteiger partial charge in [0.05, 0.1) is 6.61 Å². The molecule has 6 nitrogen and oxygen atoms in total. The molecule has 0 bridgehead atoms. The van der Waals surface area contributed by atoms with E-state index in [9.17, 15) is 13.2 Å². The van der Waals surface area contributed by atoms with E-state index < -0.39 is 27.4 Å². The van der Waals surface area contributed by atoms with Crippen molar-refractivity contribution in [1.82, 2.24) is 4.72 Å². The second-order valence-electron chi connectivity index (χ2n) is 4.65. The number of ether oxygens (including phenoxy) is 1. The molecule has 1 rings (SSSR count). The largest absolute Gasteiger partial charge is 0.459 e. The van der Waals surface area contributed by atoms with Crippen molar-refractivity contribution < 1.29 is 22.1 Å². The van der Waals surface area contributed by atoms with E-state index in [2.05, 4.69) is 8.91 Å². The molecule has 15 heavy (non-hydrogen) atoms. The molecule has 0 radical (unpaired) electrons. The summed E-state index contributed by atoms with van der Waals surface area (Å²) in [6, 6.07) is 0. The summed E-state index contributed by atoms with van der Waals surface area (Å²) in [5.41, 5.74) is -1.99. The lowest BCUT2D eigenvalue weighted by atomic mass is 10.1. The summed E-state index contributed by atoms with van der Waals surface area (Å²) in [6.45, 7) is 6.30. The summed E-state index contributed by atoms with van der Waals surface area (Å²) in [5.74, 6) is -0.643. The van der Waals surface area contributed by atoms with Gasteiger partial charge < -0.3 is 4.74 Å². The van der Waals surface area contributed by atoms with Crippen LogP contribution in [0.15, 0.2) is 0 Å².